The third kappa shape index (κ3) is 3.17. The first-order valence-electron chi connectivity index (χ1n) is 4.75. The van der Waals surface area contributed by atoms with Crippen molar-refractivity contribution in [1.29, 1.82) is 0 Å². The maximum absolute atomic E-state index is 11.5. The Bertz CT molecular complexity index is 295. The van der Waals surface area contributed by atoms with Gasteiger partial charge in [0.15, 0.2) is 0 Å². The summed E-state index contributed by atoms with van der Waals surface area (Å²) in [5.74, 6) is 0.000556. The van der Waals surface area contributed by atoms with Gasteiger partial charge in [-0.25, -0.2) is 0 Å². The van der Waals surface area contributed by atoms with Gasteiger partial charge in [-0.3, -0.25) is 9.78 Å². The molecule has 0 saturated heterocycles. The Morgan fingerprint density at radius 2 is 1.93 bits per heavy atom. The van der Waals surface area contributed by atoms with Crippen LogP contribution in [0.25, 0.3) is 0 Å². The summed E-state index contributed by atoms with van der Waals surface area (Å²) >= 11 is 0. The third-order valence-corrected chi connectivity index (χ3v) is 1.68. The van der Waals surface area contributed by atoms with Gasteiger partial charge in [-0.05, 0) is 18.6 Å². The fourth-order valence-electron chi connectivity index (χ4n) is 0.929. The molecular weight excluding hydrogens is 176 g/mol. The number of rotatable bonds is 1. The van der Waals surface area contributed by atoms with E-state index in [0.29, 0.717) is 5.56 Å². The fraction of sp³-hybridized carbons (Fsp3) is 0.455. The number of hydrogen-bond acceptors (Lipinski definition) is 2. The van der Waals surface area contributed by atoms with Crippen molar-refractivity contribution in [2.75, 3.05) is 14.1 Å². The third-order valence-electron chi connectivity index (χ3n) is 1.68. The van der Waals surface area contributed by atoms with Crippen LogP contribution < -0.4 is 0 Å². The molecule has 0 aliphatic heterocycles. The zero-order chi connectivity index (χ0) is 11.1. The summed E-state index contributed by atoms with van der Waals surface area (Å²) in [7, 11) is 3.46. The fourth-order valence-corrected chi connectivity index (χ4v) is 0.929. The Morgan fingerprint density at radius 3 is 2.36 bits per heavy atom. The normalized spacial score (nSPS) is 8.64. The molecule has 1 heterocycles. The lowest BCUT2D eigenvalue weighted by atomic mass is 10.1. The number of carbonyl (C=O) groups excluding carboxylic acids is 1. The zero-order valence-electron chi connectivity index (χ0n) is 9.53. The van der Waals surface area contributed by atoms with E-state index in [4.69, 9.17) is 0 Å². The van der Waals surface area contributed by atoms with Crippen LogP contribution in [0, 0.1) is 6.92 Å². The molecule has 1 aromatic heterocycles. The second-order valence-electron chi connectivity index (χ2n) is 2.89. The van der Waals surface area contributed by atoms with Crippen molar-refractivity contribution in [3.63, 3.8) is 0 Å². The van der Waals surface area contributed by atoms with Crippen LogP contribution in [0.4, 0.5) is 0 Å². The quantitative estimate of drug-likeness (QED) is 0.686. The molecule has 14 heavy (non-hydrogen) atoms. The Hall–Kier alpha value is -1.38. The summed E-state index contributed by atoms with van der Waals surface area (Å²) in [5.41, 5.74) is 1.63. The van der Waals surface area contributed by atoms with Crippen molar-refractivity contribution < 1.29 is 4.79 Å². The Labute approximate surface area is 85.8 Å². The minimum atomic E-state index is 0.000556. The summed E-state index contributed by atoms with van der Waals surface area (Å²) in [6.07, 6.45) is 3.28. The molecule has 0 aromatic carbocycles. The smallest absolute Gasteiger partial charge is 0.255 e. The number of amides is 1. The summed E-state index contributed by atoms with van der Waals surface area (Å²) in [5, 5.41) is 0. The van der Waals surface area contributed by atoms with E-state index in [1.54, 1.807) is 31.4 Å². The molecule has 0 radical (unpaired) electrons. The molecule has 0 saturated carbocycles. The molecule has 3 nitrogen and oxygen atoms in total. The van der Waals surface area contributed by atoms with Gasteiger partial charge in [0.25, 0.3) is 5.91 Å². The second kappa shape index (κ2) is 6.13. The molecule has 1 rings (SSSR count). The predicted octanol–water partition coefficient (Wildman–Crippen LogP) is 2.12. The van der Waals surface area contributed by atoms with Crippen LogP contribution in [-0.2, 0) is 0 Å². The van der Waals surface area contributed by atoms with Gasteiger partial charge >= 0.3 is 0 Å². The van der Waals surface area contributed by atoms with Gasteiger partial charge < -0.3 is 4.90 Å². The molecular formula is C11H18N2O. The lowest BCUT2D eigenvalue weighted by Gasteiger charge is -2.11. The average Bonchev–Trinajstić information content (AvgIpc) is 2.20. The first-order valence-corrected chi connectivity index (χ1v) is 4.75. The number of aromatic nitrogens is 1. The monoisotopic (exact) mass is 194 g/mol. The average molecular weight is 194 g/mol. The van der Waals surface area contributed by atoms with E-state index in [9.17, 15) is 4.79 Å². The van der Waals surface area contributed by atoms with Gasteiger partial charge in [0.2, 0.25) is 0 Å². The Kier molecular flexibility index (Phi) is 5.53. The zero-order valence-corrected chi connectivity index (χ0v) is 9.53. The predicted molar refractivity (Wildman–Crippen MR) is 58.3 cm³/mol. The van der Waals surface area contributed by atoms with Crippen LogP contribution in [-0.4, -0.2) is 29.9 Å². The number of nitrogens with zero attached hydrogens (tertiary/aromatic N) is 2. The summed E-state index contributed by atoms with van der Waals surface area (Å²) < 4.78 is 0. The first-order chi connectivity index (χ1) is 6.63. The molecule has 0 N–H and O–H groups in total. The molecule has 0 atom stereocenters. The standard InChI is InChI=1S/C9H12N2O.C2H6/c1-7-4-5-10-6-8(7)9(12)11(2)3;1-2/h4-6H,1-3H3;1-2H3. The molecule has 1 amide bonds. The Balaban J connectivity index is 0.000000791. The van der Waals surface area contributed by atoms with E-state index in [-0.39, 0.29) is 5.91 Å². The number of carbonyl (C=O) groups is 1. The van der Waals surface area contributed by atoms with Gasteiger partial charge in [-0.1, -0.05) is 13.8 Å². The number of hydrogen-bond donors (Lipinski definition) is 0. The van der Waals surface area contributed by atoms with Crippen LogP contribution in [0.5, 0.6) is 0 Å². The van der Waals surface area contributed by atoms with Crippen molar-refractivity contribution in [2.24, 2.45) is 0 Å². The largest absolute Gasteiger partial charge is 0.345 e. The SMILES string of the molecule is CC.Cc1ccncc1C(=O)N(C)C. The highest BCUT2D eigenvalue weighted by Gasteiger charge is 2.09. The van der Waals surface area contributed by atoms with E-state index in [1.807, 2.05) is 26.8 Å². The first kappa shape index (κ1) is 12.6. The Morgan fingerprint density at radius 1 is 1.36 bits per heavy atom. The van der Waals surface area contributed by atoms with Crippen molar-refractivity contribution >= 4 is 5.91 Å². The molecule has 0 aliphatic carbocycles. The molecule has 78 valence electrons. The van der Waals surface area contributed by atoms with Crippen LogP contribution in [0.3, 0.4) is 0 Å². The minimum Gasteiger partial charge on any atom is -0.345 e. The lowest BCUT2D eigenvalue weighted by molar-refractivity contribution is 0.0826. The molecule has 3 heteroatoms. The van der Waals surface area contributed by atoms with Gasteiger partial charge in [0.1, 0.15) is 0 Å². The lowest BCUT2D eigenvalue weighted by Crippen LogP contribution is -2.22. The van der Waals surface area contributed by atoms with Gasteiger partial charge in [-0.2, -0.15) is 0 Å². The maximum Gasteiger partial charge on any atom is 0.255 e. The molecule has 1 aromatic rings. The van der Waals surface area contributed by atoms with E-state index in [1.165, 1.54) is 0 Å². The van der Waals surface area contributed by atoms with Crippen LogP contribution in [0.15, 0.2) is 18.5 Å². The van der Waals surface area contributed by atoms with Gasteiger partial charge in [0.05, 0.1) is 5.56 Å². The van der Waals surface area contributed by atoms with E-state index >= 15 is 0 Å². The number of pyridine rings is 1. The molecule has 0 fully saturated rings. The topological polar surface area (TPSA) is 33.2 Å². The second-order valence-corrected chi connectivity index (χ2v) is 2.89. The van der Waals surface area contributed by atoms with Crippen LogP contribution in [0.1, 0.15) is 29.8 Å². The van der Waals surface area contributed by atoms with E-state index in [2.05, 4.69) is 4.98 Å². The van der Waals surface area contributed by atoms with E-state index < -0.39 is 0 Å². The summed E-state index contributed by atoms with van der Waals surface area (Å²) in [4.78, 5) is 16.9. The van der Waals surface area contributed by atoms with E-state index in [0.717, 1.165) is 5.56 Å². The van der Waals surface area contributed by atoms with Gasteiger partial charge in [0, 0.05) is 26.5 Å². The summed E-state index contributed by atoms with van der Waals surface area (Å²) in [6.45, 7) is 5.90. The van der Waals surface area contributed by atoms with Crippen molar-refractivity contribution in [2.45, 2.75) is 20.8 Å². The van der Waals surface area contributed by atoms with Crippen molar-refractivity contribution in [1.82, 2.24) is 9.88 Å². The highest BCUT2D eigenvalue weighted by Crippen LogP contribution is 2.06. The number of aryl methyl sites for hydroxylation is 1. The maximum atomic E-state index is 11.5. The molecule has 0 bridgehead atoms. The highest BCUT2D eigenvalue weighted by atomic mass is 16.2. The van der Waals surface area contributed by atoms with Gasteiger partial charge in [-0.15, -0.1) is 0 Å². The molecule has 0 spiro atoms. The van der Waals surface area contributed by atoms with Crippen molar-refractivity contribution in [3.05, 3.63) is 29.6 Å². The molecule has 0 unspecified atom stereocenters. The summed E-state index contributed by atoms with van der Waals surface area (Å²) in [6, 6.07) is 1.83. The minimum absolute atomic E-state index is 0.000556. The highest BCUT2D eigenvalue weighted by molar-refractivity contribution is 5.94. The van der Waals surface area contributed by atoms with Crippen molar-refractivity contribution in [3.8, 4) is 0 Å². The van der Waals surface area contributed by atoms with Crippen LogP contribution >= 0.6 is 0 Å². The van der Waals surface area contributed by atoms with Crippen LogP contribution in [0.2, 0.25) is 0 Å². The molecule has 0 aliphatic rings.